The molecule has 0 bridgehead atoms. The first-order valence-electron chi connectivity index (χ1n) is 6.89. The summed E-state index contributed by atoms with van der Waals surface area (Å²) in [4.78, 5) is 11.4. The Bertz CT molecular complexity index is 484. The summed E-state index contributed by atoms with van der Waals surface area (Å²) in [5.41, 5.74) is 3.26. The van der Waals surface area contributed by atoms with Crippen LogP contribution in [0.4, 0.5) is 0 Å². The third-order valence-electron chi connectivity index (χ3n) is 3.67. The Morgan fingerprint density at radius 1 is 1.37 bits per heavy atom. The average Bonchev–Trinajstić information content (AvgIpc) is 3.08. The zero-order chi connectivity index (χ0) is 14.2. The highest BCUT2D eigenvalue weighted by molar-refractivity contribution is 5.76. The number of hydrogen-bond acceptors (Lipinski definition) is 2. The lowest BCUT2D eigenvalue weighted by Crippen LogP contribution is -2.30. The third kappa shape index (κ3) is 3.35. The van der Waals surface area contributed by atoms with Crippen molar-refractivity contribution in [2.75, 3.05) is 0 Å². The molecule has 0 spiro atoms. The van der Waals surface area contributed by atoms with E-state index in [1.807, 2.05) is 19.1 Å². The van der Waals surface area contributed by atoms with E-state index in [0.717, 1.165) is 24.0 Å². The summed E-state index contributed by atoms with van der Waals surface area (Å²) < 4.78 is 0. The normalized spacial score (nSPS) is 17.3. The van der Waals surface area contributed by atoms with Gasteiger partial charge in [-0.15, -0.1) is 0 Å². The van der Waals surface area contributed by atoms with Crippen molar-refractivity contribution in [1.29, 1.82) is 0 Å². The van der Waals surface area contributed by atoms with Crippen LogP contribution in [0, 0.1) is 6.92 Å². The highest BCUT2D eigenvalue weighted by Gasteiger charge is 2.30. The van der Waals surface area contributed by atoms with Gasteiger partial charge in [-0.25, -0.2) is 0 Å². The van der Waals surface area contributed by atoms with Gasteiger partial charge in [0.25, 0.3) is 0 Å². The van der Waals surface area contributed by atoms with E-state index >= 15 is 0 Å². The molecule has 1 aromatic carbocycles. The molecule has 104 valence electrons. The predicted molar refractivity (Wildman–Crippen MR) is 76.4 cm³/mol. The summed E-state index contributed by atoms with van der Waals surface area (Å²) in [6.07, 6.45) is 2.17. The molecule has 0 aromatic heterocycles. The van der Waals surface area contributed by atoms with Gasteiger partial charge in [0.15, 0.2) is 0 Å². The minimum absolute atomic E-state index is 0.0892. The smallest absolute Gasteiger partial charge is 0.325 e. The lowest BCUT2D eigenvalue weighted by Gasteiger charge is -2.22. The van der Waals surface area contributed by atoms with Crippen LogP contribution in [0.15, 0.2) is 18.2 Å². The van der Waals surface area contributed by atoms with E-state index in [2.05, 4.69) is 32.2 Å². The predicted octanol–water partition coefficient (Wildman–Crippen LogP) is 3.17. The van der Waals surface area contributed by atoms with Gasteiger partial charge in [0, 0.05) is 6.04 Å². The highest BCUT2D eigenvalue weighted by Crippen LogP contribution is 2.29. The number of carboxylic acid groups (broad SMARTS) is 1. The van der Waals surface area contributed by atoms with Crippen LogP contribution in [0.25, 0.3) is 0 Å². The van der Waals surface area contributed by atoms with Gasteiger partial charge >= 0.3 is 5.97 Å². The molecule has 1 aliphatic rings. The number of aliphatic carboxylic acids is 1. The topological polar surface area (TPSA) is 49.3 Å². The average molecular weight is 261 g/mol. The Morgan fingerprint density at radius 2 is 2.00 bits per heavy atom. The molecule has 1 fully saturated rings. The summed E-state index contributed by atoms with van der Waals surface area (Å²) >= 11 is 0. The van der Waals surface area contributed by atoms with Gasteiger partial charge in [-0.05, 0) is 41.9 Å². The SMILES string of the molecule is Cc1cc(C(C)(C)C)ccc1C(NC1CC1)C(=O)O. The number of hydrogen-bond donors (Lipinski definition) is 2. The van der Waals surface area contributed by atoms with Crippen LogP contribution in [0.1, 0.15) is 56.3 Å². The van der Waals surface area contributed by atoms with Crippen molar-refractivity contribution >= 4 is 5.97 Å². The summed E-state index contributed by atoms with van der Waals surface area (Å²) in [5.74, 6) is -0.793. The Morgan fingerprint density at radius 3 is 2.42 bits per heavy atom. The van der Waals surface area contributed by atoms with Crippen molar-refractivity contribution in [3.05, 3.63) is 34.9 Å². The van der Waals surface area contributed by atoms with Gasteiger partial charge in [0.1, 0.15) is 6.04 Å². The summed E-state index contributed by atoms with van der Waals surface area (Å²) in [6, 6.07) is 5.92. The molecule has 0 radical (unpaired) electrons. The van der Waals surface area contributed by atoms with Crippen molar-refractivity contribution in [2.45, 2.75) is 58.0 Å². The molecule has 1 aromatic rings. The molecule has 1 atom stereocenters. The maximum absolute atomic E-state index is 11.4. The van der Waals surface area contributed by atoms with Crippen LogP contribution in [0.2, 0.25) is 0 Å². The monoisotopic (exact) mass is 261 g/mol. The Labute approximate surface area is 115 Å². The molecule has 1 saturated carbocycles. The van der Waals surface area contributed by atoms with E-state index in [1.165, 1.54) is 5.56 Å². The van der Waals surface area contributed by atoms with E-state index in [4.69, 9.17) is 0 Å². The molecule has 0 saturated heterocycles. The minimum Gasteiger partial charge on any atom is -0.480 e. The molecule has 3 heteroatoms. The molecule has 2 N–H and O–H groups in total. The second-order valence-corrected chi connectivity index (χ2v) is 6.53. The second-order valence-electron chi connectivity index (χ2n) is 6.53. The van der Waals surface area contributed by atoms with Gasteiger partial charge < -0.3 is 5.11 Å². The molecule has 2 rings (SSSR count). The number of aryl methyl sites for hydroxylation is 1. The maximum Gasteiger partial charge on any atom is 0.325 e. The van der Waals surface area contributed by atoms with E-state index in [1.54, 1.807) is 0 Å². The lowest BCUT2D eigenvalue weighted by molar-refractivity contribution is -0.139. The largest absolute Gasteiger partial charge is 0.480 e. The van der Waals surface area contributed by atoms with Gasteiger partial charge in [-0.2, -0.15) is 0 Å². The van der Waals surface area contributed by atoms with Crippen molar-refractivity contribution in [3.8, 4) is 0 Å². The Hall–Kier alpha value is -1.35. The van der Waals surface area contributed by atoms with E-state index in [0.29, 0.717) is 6.04 Å². The summed E-state index contributed by atoms with van der Waals surface area (Å²) in [7, 11) is 0. The fraction of sp³-hybridized carbons (Fsp3) is 0.562. The molecular weight excluding hydrogens is 238 g/mol. The van der Waals surface area contributed by atoms with Crippen LogP contribution in [-0.4, -0.2) is 17.1 Å². The van der Waals surface area contributed by atoms with Gasteiger partial charge in [-0.1, -0.05) is 39.0 Å². The van der Waals surface area contributed by atoms with E-state index in [-0.39, 0.29) is 5.41 Å². The second kappa shape index (κ2) is 4.97. The highest BCUT2D eigenvalue weighted by atomic mass is 16.4. The first kappa shape index (κ1) is 14.1. The maximum atomic E-state index is 11.4. The van der Waals surface area contributed by atoms with Crippen LogP contribution in [0.3, 0.4) is 0 Å². The molecule has 0 heterocycles. The van der Waals surface area contributed by atoms with Crippen LogP contribution in [-0.2, 0) is 10.2 Å². The van der Waals surface area contributed by atoms with Crippen LogP contribution >= 0.6 is 0 Å². The Kier molecular flexibility index (Phi) is 3.68. The zero-order valence-corrected chi connectivity index (χ0v) is 12.2. The van der Waals surface area contributed by atoms with E-state index in [9.17, 15) is 9.90 Å². The number of carboxylic acids is 1. The van der Waals surface area contributed by atoms with Crippen molar-refractivity contribution < 1.29 is 9.90 Å². The number of rotatable bonds is 4. The number of nitrogens with one attached hydrogen (secondary N) is 1. The molecule has 1 unspecified atom stereocenters. The lowest BCUT2D eigenvalue weighted by atomic mass is 9.84. The number of benzene rings is 1. The molecule has 0 amide bonds. The zero-order valence-electron chi connectivity index (χ0n) is 12.2. The quantitative estimate of drug-likeness (QED) is 0.875. The van der Waals surface area contributed by atoms with E-state index < -0.39 is 12.0 Å². The van der Waals surface area contributed by atoms with Crippen molar-refractivity contribution in [3.63, 3.8) is 0 Å². The summed E-state index contributed by atoms with van der Waals surface area (Å²) in [5, 5.41) is 12.6. The molecule has 19 heavy (non-hydrogen) atoms. The van der Waals surface area contributed by atoms with Gasteiger partial charge in [0.05, 0.1) is 0 Å². The molecule has 1 aliphatic carbocycles. The van der Waals surface area contributed by atoms with Crippen LogP contribution < -0.4 is 5.32 Å². The first-order chi connectivity index (χ1) is 8.79. The standard InChI is InChI=1S/C16H23NO2/c1-10-9-11(16(2,3)4)5-8-13(10)14(15(18)19)17-12-6-7-12/h5,8-9,12,14,17H,6-7H2,1-4H3,(H,18,19). The molecular formula is C16H23NO2. The third-order valence-corrected chi connectivity index (χ3v) is 3.67. The van der Waals surface area contributed by atoms with Crippen LogP contribution in [0.5, 0.6) is 0 Å². The molecule has 3 nitrogen and oxygen atoms in total. The van der Waals surface area contributed by atoms with Crippen molar-refractivity contribution in [2.24, 2.45) is 0 Å². The van der Waals surface area contributed by atoms with Gasteiger partial charge in [-0.3, -0.25) is 10.1 Å². The molecule has 0 aliphatic heterocycles. The van der Waals surface area contributed by atoms with Gasteiger partial charge in [0.2, 0.25) is 0 Å². The fourth-order valence-electron chi connectivity index (χ4n) is 2.25. The fourth-order valence-corrected chi connectivity index (χ4v) is 2.25. The van der Waals surface area contributed by atoms with Crippen molar-refractivity contribution in [1.82, 2.24) is 5.32 Å². The first-order valence-corrected chi connectivity index (χ1v) is 6.89. The minimum atomic E-state index is -0.793. The summed E-state index contributed by atoms with van der Waals surface area (Å²) in [6.45, 7) is 8.49. The Balaban J connectivity index is 2.29. The number of carbonyl (C=O) groups is 1.